The van der Waals surface area contributed by atoms with E-state index in [1.165, 1.54) is 0 Å². The van der Waals surface area contributed by atoms with Gasteiger partial charge in [-0.05, 0) is 56.4 Å². The zero-order chi connectivity index (χ0) is 19.4. The quantitative estimate of drug-likeness (QED) is 0.614. The van der Waals surface area contributed by atoms with Crippen LogP contribution in [0.15, 0.2) is 47.6 Å². The number of hydrogen-bond acceptors (Lipinski definition) is 5. The summed E-state index contributed by atoms with van der Waals surface area (Å²) in [6.07, 6.45) is 0.641. The number of hydrazone groups is 1. The fraction of sp³-hybridized carbons (Fsp3) is 0.300. The number of hydrogen-bond donors (Lipinski definition) is 2. The molecule has 0 aromatic heterocycles. The molecule has 0 bridgehead atoms. The minimum atomic E-state index is -0.357. The lowest BCUT2D eigenvalue weighted by molar-refractivity contribution is 0.111. The maximum atomic E-state index is 6.05. The van der Waals surface area contributed by atoms with Crippen molar-refractivity contribution in [3.8, 4) is 17.2 Å². The summed E-state index contributed by atoms with van der Waals surface area (Å²) in [7, 11) is 3.26. The third-order valence-corrected chi connectivity index (χ3v) is 4.29. The maximum Gasteiger partial charge on any atom is 0.191 e. The molecule has 0 atom stereocenters. The highest BCUT2D eigenvalue weighted by Crippen LogP contribution is 2.35. The van der Waals surface area contributed by atoms with E-state index in [0.29, 0.717) is 11.5 Å². The Morgan fingerprint density at radius 1 is 1.11 bits per heavy atom. The summed E-state index contributed by atoms with van der Waals surface area (Å²) < 4.78 is 16.6. The van der Waals surface area contributed by atoms with Gasteiger partial charge in [0.1, 0.15) is 22.8 Å². The Morgan fingerprint density at radius 2 is 1.85 bits per heavy atom. The van der Waals surface area contributed by atoms with Gasteiger partial charge in [-0.25, -0.2) is 0 Å². The first-order valence-corrected chi connectivity index (χ1v) is 8.96. The first kappa shape index (κ1) is 19.0. The predicted molar refractivity (Wildman–Crippen MR) is 111 cm³/mol. The van der Waals surface area contributed by atoms with Crippen LogP contribution in [-0.4, -0.2) is 30.6 Å². The normalized spacial score (nSPS) is 16.1. The molecule has 0 amide bonds. The summed E-state index contributed by atoms with van der Waals surface area (Å²) in [6, 6.07) is 13.2. The Morgan fingerprint density at radius 3 is 2.59 bits per heavy atom. The topological polar surface area (TPSA) is 64.1 Å². The molecule has 0 spiro atoms. The predicted octanol–water partition coefficient (Wildman–Crippen LogP) is 3.96. The van der Waals surface area contributed by atoms with Gasteiger partial charge < -0.3 is 19.5 Å². The monoisotopic (exact) mass is 385 g/mol. The molecule has 1 aliphatic rings. The zero-order valence-corrected chi connectivity index (χ0v) is 16.6. The lowest BCUT2D eigenvalue weighted by Gasteiger charge is -2.33. The molecular formula is C20H23N3O3S. The van der Waals surface area contributed by atoms with Gasteiger partial charge in [-0.1, -0.05) is 6.07 Å². The second-order valence-corrected chi connectivity index (χ2v) is 7.17. The van der Waals surface area contributed by atoms with Crippen LogP contribution in [0.5, 0.6) is 17.2 Å². The number of methoxy groups -OCH3 is 2. The van der Waals surface area contributed by atoms with Crippen LogP contribution in [0.3, 0.4) is 0 Å². The van der Waals surface area contributed by atoms with E-state index in [-0.39, 0.29) is 5.60 Å². The van der Waals surface area contributed by atoms with Crippen LogP contribution in [-0.2, 0) is 0 Å². The number of rotatable bonds is 4. The van der Waals surface area contributed by atoms with Gasteiger partial charge >= 0.3 is 0 Å². The number of fused-ring (bicyclic) bond motifs is 1. The second-order valence-electron chi connectivity index (χ2n) is 6.76. The van der Waals surface area contributed by atoms with Gasteiger partial charge in [0.15, 0.2) is 5.11 Å². The summed E-state index contributed by atoms with van der Waals surface area (Å²) in [5.41, 5.74) is 5.14. The highest BCUT2D eigenvalue weighted by Gasteiger charge is 2.31. The van der Waals surface area contributed by atoms with E-state index in [4.69, 9.17) is 26.4 Å². The highest BCUT2D eigenvalue weighted by molar-refractivity contribution is 7.80. The van der Waals surface area contributed by atoms with Crippen LogP contribution < -0.4 is 25.0 Å². The van der Waals surface area contributed by atoms with Crippen molar-refractivity contribution in [2.24, 2.45) is 5.10 Å². The Balaban J connectivity index is 1.78. The van der Waals surface area contributed by atoms with Crippen LogP contribution in [0.1, 0.15) is 25.8 Å². The van der Waals surface area contributed by atoms with E-state index in [1.54, 1.807) is 14.2 Å². The van der Waals surface area contributed by atoms with Gasteiger partial charge in [0.25, 0.3) is 0 Å². The fourth-order valence-corrected chi connectivity index (χ4v) is 3.02. The average molecular weight is 385 g/mol. The molecule has 0 radical (unpaired) electrons. The molecule has 0 aliphatic carbocycles. The highest BCUT2D eigenvalue weighted by atomic mass is 32.1. The molecule has 2 aromatic carbocycles. The molecule has 0 saturated carbocycles. The zero-order valence-electron chi connectivity index (χ0n) is 15.8. The molecule has 0 fully saturated rings. The largest absolute Gasteiger partial charge is 0.497 e. The molecule has 2 N–H and O–H groups in total. The summed E-state index contributed by atoms with van der Waals surface area (Å²) >= 11 is 5.36. The Bertz CT molecular complexity index is 881. The third-order valence-electron chi connectivity index (χ3n) is 4.10. The molecule has 6 nitrogen and oxygen atoms in total. The maximum absolute atomic E-state index is 6.05. The molecule has 2 aromatic rings. The van der Waals surface area contributed by atoms with Crippen molar-refractivity contribution in [3.05, 3.63) is 48.0 Å². The van der Waals surface area contributed by atoms with E-state index >= 15 is 0 Å². The number of nitrogens with zero attached hydrogens (tertiary/aromatic N) is 1. The van der Waals surface area contributed by atoms with Crippen LogP contribution in [0.2, 0.25) is 0 Å². The number of benzene rings is 2. The number of anilines is 1. The van der Waals surface area contributed by atoms with E-state index in [9.17, 15) is 0 Å². The van der Waals surface area contributed by atoms with Crippen LogP contribution in [0, 0.1) is 0 Å². The summed E-state index contributed by atoms with van der Waals surface area (Å²) in [5, 5.41) is 8.02. The number of thiocarbonyl (C=S) groups is 1. The smallest absolute Gasteiger partial charge is 0.191 e. The molecular weight excluding hydrogens is 362 g/mol. The molecule has 142 valence electrons. The number of nitrogens with one attached hydrogen (secondary N) is 2. The summed E-state index contributed by atoms with van der Waals surface area (Å²) in [4.78, 5) is 0. The molecule has 1 aliphatic heterocycles. The Labute approximate surface area is 164 Å². The van der Waals surface area contributed by atoms with Crippen LogP contribution >= 0.6 is 12.2 Å². The van der Waals surface area contributed by atoms with E-state index in [2.05, 4.69) is 15.8 Å². The Kier molecular flexibility index (Phi) is 5.51. The first-order valence-electron chi connectivity index (χ1n) is 8.55. The molecule has 0 saturated heterocycles. The minimum Gasteiger partial charge on any atom is -0.497 e. The van der Waals surface area contributed by atoms with Gasteiger partial charge in [0, 0.05) is 23.7 Å². The molecule has 0 unspecified atom stereocenters. The van der Waals surface area contributed by atoms with E-state index in [0.717, 1.165) is 34.2 Å². The first-order chi connectivity index (χ1) is 12.9. The van der Waals surface area contributed by atoms with Gasteiger partial charge in [-0.2, -0.15) is 5.10 Å². The molecule has 1 heterocycles. The SMILES string of the molecule is COc1cccc(NC(=S)N/N=C2/CC(C)(C)Oc3ccc(OC)cc32)c1. The Hall–Kier alpha value is -2.80. The lowest BCUT2D eigenvalue weighted by Crippen LogP contribution is -2.37. The van der Waals surface area contributed by atoms with Crippen molar-refractivity contribution < 1.29 is 14.2 Å². The summed E-state index contributed by atoms with van der Waals surface area (Å²) in [6.45, 7) is 4.06. The van der Waals surface area contributed by atoms with Crippen molar-refractivity contribution in [3.63, 3.8) is 0 Å². The van der Waals surface area contributed by atoms with Gasteiger partial charge in [-0.3, -0.25) is 5.43 Å². The standard InChI is InChI=1S/C20H23N3O3S/c1-20(2)12-17(16-11-15(25-4)8-9-18(16)26-20)22-23-19(27)21-13-6-5-7-14(10-13)24-3/h5-11H,12H2,1-4H3,(H2,21,23,27)/b22-17-. The molecule has 27 heavy (non-hydrogen) atoms. The average Bonchev–Trinajstić information content (AvgIpc) is 2.65. The van der Waals surface area contributed by atoms with Crippen LogP contribution in [0.25, 0.3) is 0 Å². The number of ether oxygens (including phenoxy) is 3. The summed E-state index contributed by atoms with van der Waals surface area (Å²) in [5.74, 6) is 2.28. The van der Waals surface area contributed by atoms with Crippen LogP contribution in [0.4, 0.5) is 5.69 Å². The van der Waals surface area contributed by atoms with E-state index in [1.807, 2.05) is 56.3 Å². The van der Waals surface area contributed by atoms with Crippen molar-refractivity contribution in [1.82, 2.24) is 5.43 Å². The lowest BCUT2D eigenvalue weighted by atomic mass is 9.92. The fourth-order valence-electron chi connectivity index (χ4n) is 2.86. The van der Waals surface area contributed by atoms with Crippen molar-refractivity contribution in [2.45, 2.75) is 25.9 Å². The van der Waals surface area contributed by atoms with Crippen molar-refractivity contribution >= 4 is 28.7 Å². The van der Waals surface area contributed by atoms with Gasteiger partial charge in [-0.15, -0.1) is 0 Å². The molecule has 7 heteroatoms. The minimum absolute atomic E-state index is 0.357. The van der Waals surface area contributed by atoms with Crippen molar-refractivity contribution in [2.75, 3.05) is 19.5 Å². The second kappa shape index (κ2) is 7.84. The van der Waals surface area contributed by atoms with Crippen molar-refractivity contribution in [1.29, 1.82) is 0 Å². The van der Waals surface area contributed by atoms with Gasteiger partial charge in [0.2, 0.25) is 0 Å². The third kappa shape index (κ3) is 4.68. The van der Waals surface area contributed by atoms with Gasteiger partial charge in [0.05, 0.1) is 19.9 Å². The molecule has 3 rings (SSSR count). The van der Waals surface area contributed by atoms with E-state index < -0.39 is 0 Å².